The van der Waals surface area contributed by atoms with Crippen molar-refractivity contribution in [1.82, 2.24) is 0 Å². The van der Waals surface area contributed by atoms with Gasteiger partial charge < -0.3 is 0 Å². The molecule has 0 saturated heterocycles. The Morgan fingerprint density at radius 3 is 2.29 bits per heavy atom. The van der Waals surface area contributed by atoms with E-state index in [4.69, 9.17) is 25.7 Å². The van der Waals surface area contributed by atoms with Crippen LogP contribution in [0.1, 0.15) is 0 Å². The molecule has 0 heteroatoms. The molecule has 1 radical (unpaired) electrons. The van der Waals surface area contributed by atoms with Gasteiger partial charge in [0.1, 0.15) is 5.41 Å². The van der Waals surface area contributed by atoms with Gasteiger partial charge in [0.2, 0.25) is 0 Å². The molecule has 1 rings (SSSR count). The van der Waals surface area contributed by atoms with Crippen LogP contribution in [0.4, 0.5) is 0 Å². The van der Waals surface area contributed by atoms with Gasteiger partial charge in [0.15, 0.2) is 0 Å². The summed E-state index contributed by atoms with van der Waals surface area (Å²) in [7, 11) is 0. The van der Waals surface area contributed by atoms with Crippen molar-refractivity contribution in [3.05, 3.63) is 23.8 Å². The molecule has 0 fully saturated rings. The lowest BCUT2D eigenvalue weighted by Gasteiger charge is -2.20. The molecule has 1 atom stereocenters. The summed E-state index contributed by atoms with van der Waals surface area (Å²) in [4.78, 5) is 0. The Morgan fingerprint density at radius 1 is 1.21 bits per heavy atom. The van der Waals surface area contributed by atoms with Crippen LogP contribution in [-0.2, 0) is 0 Å². The number of rotatable bonds is 0. The average Bonchev–Trinajstić information content (AvgIpc) is 2.28. The first-order valence-corrected chi connectivity index (χ1v) is 3.93. The Morgan fingerprint density at radius 2 is 1.86 bits per heavy atom. The molecule has 0 saturated carbocycles. The Hall–Kier alpha value is -2.28. The monoisotopic (exact) mass is 175 g/mol. The van der Waals surface area contributed by atoms with Crippen LogP contribution in [0.5, 0.6) is 0 Å². The van der Waals surface area contributed by atoms with Gasteiger partial charge in [-0.05, 0) is 18.2 Å². The van der Waals surface area contributed by atoms with Gasteiger partial charge in [-0.15, -0.1) is 25.7 Å². The highest BCUT2D eigenvalue weighted by molar-refractivity contribution is 5.48. The fourth-order valence-corrected chi connectivity index (χ4v) is 1.15. The van der Waals surface area contributed by atoms with E-state index in [-0.39, 0.29) is 5.92 Å². The van der Waals surface area contributed by atoms with Crippen molar-refractivity contribution in [3.8, 4) is 49.4 Å². The summed E-state index contributed by atoms with van der Waals surface area (Å²) in [5.74, 6) is 9.63. The first-order chi connectivity index (χ1) is 6.71. The molecular weight excluding hydrogens is 168 g/mol. The maximum Gasteiger partial charge on any atom is 0.129 e. The molecule has 0 aromatic carbocycles. The Bertz CT molecular complexity index is 444. The second-order valence-corrected chi connectivity index (χ2v) is 2.81. The van der Waals surface area contributed by atoms with Crippen LogP contribution in [0.3, 0.4) is 0 Å². The third kappa shape index (κ3) is 1.43. The van der Waals surface area contributed by atoms with E-state index in [1.165, 1.54) is 0 Å². The largest absolute Gasteiger partial charge is 0.129 e. The quantitative estimate of drug-likeness (QED) is 0.488. The van der Waals surface area contributed by atoms with Gasteiger partial charge >= 0.3 is 0 Å². The van der Waals surface area contributed by atoms with E-state index in [9.17, 15) is 0 Å². The van der Waals surface area contributed by atoms with E-state index < -0.39 is 5.41 Å². The summed E-state index contributed by atoms with van der Waals surface area (Å²) < 4.78 is 0. The van der Waals surface area contributed by atoms with Crippen LogP contribution in [-0.4, -0.2) is 0 Å². The van der Waals surface area contributed by atoms with Crippen molar-refractivity contribution in [2.75, 3.05) is 0 Å². The fourth-order valence-electron chi connectivity index (χ4n) is 1.15. The summed E-state index contributed by atoms with van der Waals surface area (Å²) in [5.41, 5.74) is -0.263. The van der Waals surface area contributed by atoms with Crippen molar-refractivity contribution >= 4 is 0 Å². The first-order valence-electron chi connectivity index (χ1n) is 3.93. The van der Waals surface area contributed by atoms with Crippen LogP contribution in [0.2, 0.25) is 0 Å². The van der Waals surface area contributed by atoms with Crippen molar-refractivity contribution in [2.45, 2.75) is 0 Å². The van der Waals surface area contributed by atoms with Crippen molar-refractivity contribution in [3.63, 3.8) is 0 Å². The van der Waals surface area contributed by atoms with Crippen LogP contribution in [0, 0.1) is 66.8 Å². The molecule has 1 unspecified atom stereocenters. The minimum atomic E-state index is -0.866. The molecule has 0 heterocycles. The summed E-state index contributed by atoms with van der Waals surface area (Å²) in [6.07, 6.45) is 27.4. The van der Waals surface area contributed by atoms with Gasteiger partial charge in [-0.25, -0.2) is 0 Å². The number of terminal acetylenes is 4. The molecule has 1 aliphatic rings. The van der Waals surface area contributed by atoms with E-state index in [1.807, 2.05) is 0 Å². The smallest absolute Gasteiger partial charge is 0.119 e. The Kier molecular flexibility index (Phi) is 2.54. The average molecular weight is 175 g/mol. The zero-order chi connectivity index (χ0) is 10.6. The molecule has 0 aromatic rings. The van der Waals surface area contributed by atoms with E-state index >= 15 is 0 Å². The Labute approximate surface area is 85.1 Å². The predicted molar refractivity (Wildman–Crippen MR) is 57.2 cm³/mol. The van der Waals surface area contributed by atoms with E-state index in [2.05, 4.69) is 29.8 Å². The SMILES string of the molecule is C#CC1=CC(C#C)(C#C)C=[C]C1C#C. The van der Waals surface area contributed by atoms with Gasteiger partial charge in [-0.3, -0.25) is 0 Å². The third-order valence-electron chi connectivity index (χ3n) is 1.98. The topological polar surface area (TPSA) is 0 Å². The van der Waals surface area contributed by atoms with Gasteiger partial charge in [0.25, 0.3) is 0 Å². The maximum absolute atomic E-state index is 5.32. The lowest BCUT2D eigenvalue weighted by atomic mass is 9.79. The number of hydrogen-bond donors (Lipinski definition) is 0. The highest BCUT2D eigenvalue weighted by Gasteiger charge is 2.25. The highest BCUT2D eigenvalue weighted by Crippen LogP contribution is 2.29. The fraction of sp³-hybridized carbons (Fsp3) is 0.143. The van der Waals surface area contributed by atoms with Crippen molar-refractivity contribution in [1.29, 1.82) is 0 Å². The molecule has 14 heavy (non-hydrogen) atoms. The zero-order valence-electron chi connectivity index (χ0n) is 7.54. The molecule has 0 aliphatic heterocycles. The summed E-state index contributed by atoms with van der Waals surface area (Å²) in [6.45, 7) is 0. The number of hydrogen-bond acceptors (Lipinski definition) is 0. The van der Waals surface area contributed by atoms with Gasteiger partial charge in [0, 0.05) is 5.57 Å². The molecule has 0 amide bonds. The van der Waals surface area contributed by atoms with Crippen LogP contribution in [0.25, 0.3) is 0 Å². The first kappa shape index (κ1) is 9.81. The molecule has 0 aromatic heterocycles. The second kappa shape index (κ2) is 3.62. The summed E-state index contributed by atoms with van der Waals surface area (Å²) in [5, 5.41) is 0. The molecule has 0 nitrogen and oxygen atoms in total. The van der Waals surface area contributed by atoms with Gasteiger partial charge in [-0.1, -0.05) is 23.7 Å². The maximum atomic E-state index is 5.32. The van der Waals surface area contributed by atoms with E-state index in [1.54, 1.807) is 12.2 Å². The standard InChI is InChI=1S/C14H7/c1-5-12-9-10-14(7-3,8-4)11-13(12)6-2/h1-4,10-12H. The Balaban J connectivity index is 3.24. The molecule has 63 valence electrons. The normalized spacial score (nSPS) is 22.0. The van der Waals surface area contributed by atoms with Crippen molar-refractivity contribution < 1.29 is 0 Å². The summed E-state index contributed by atoms with van der Waals surface area (Å²) in [6, 6.07) is 0. The third-order valence-corrected chi connectivity index (χ3v) is 1.98. The molecular formula is C14H7. The highest BCUT2D eigenvalue weighted by atomic mass is 14.2. The molecule has 0 spiro atoms. The lowest BCUT2D eigenvalue weighted by Crippen LogP contribution is -2.16. The number of allylic oxidation sites excluding steroid dienone is 4. The minimum Gasteiger partial charge on any atom is -0.119 e. The lowest BCUT2D eigenvalue weighted by molar-refractivity contribution is 0.812. The zero-order valence-corrected chi connectivity index (χ0v) is 7.54. The van der Waals surface area contributed by atoms with Crippen LogP contribution in [0.15, 0.2) is 17.7 Å². The van der Waals surface area contributed by atoms with Gasteiger partial charge in [-0.2, -0.15) is 0 Å². The predicted octanol–water partition coefficient (Wildman–Crippen LogP) is 1.42. The van der Waals surface area contributed by atoms with Crippen LogP contribution >= 0.6 is 0 Å². The van der Waals surface area contributed by atoms with Gasteiger partial charge in [0.05, 0.1) is 5.92 Å². The molecule has 1 aliphatic carbocycles. The molecule has 0 N–H and O–H groups in total. The molecule has 0 bridgehead atoms. The minimum absolute atomic E-state index is 0.310. The van der Waals surface area contributed by atoms with Crippen molar-refractivity contribution in [2.24, 2.45) is 11.3 Å². The van der Waals surface area contributed by atoms with E-state index in [0.717, 1.165) is 0 Å². The second-order valence-electron chi connectivity index (χ2n) is 2.81. The van der Waals surface area contributed by atoms with E-state index in [0.29, 0.717) is 5.57 Å². The summed E-state index contributed by atoms with van der Waals surface area (Å²) >= 11 is 0. The van der Waals surface area contributed by atoms with Crippen LogP contribution < -0.4 is 0 Å².